The zero-order valence-corrected chi connectivity index (χ0v) is 12.2. The number of methoxy groups -OCH3 is 1. The number of ether oxygens (including phenoxy) is 1. The van der Waals surface area contributed by atoms with E-state index in [2.05, 4.69) is 5.16 Å². The average Bonchev–Trinajstić information content (AvgIpc) is 2.88. The molecule has 3 aromatic rings. The summed E-state index contributed by atoms with van der Waals surface area (Å²) in [5.41, 5.74) is 2.72. The van der Waals surface area contributed by atoms with Crippen molar-refractivity contribution in [3.63, 3.8) is 0 Å². The van der Waals surface area contributed by atoms with Crippen molar-refractivity contribution in [1.82, 2.24) is 5.16 Å². The Morgan fingerprint density at radius 3 is 2.59 bits per heavy atom. The van der Waals surface area contributed by atoms with E-state index in [4.69, 9.17) is 9.26 Å². The highest BCUT2D eigenvalue weighted by molar-refractivity contribution is 5.86. The van der Waals surface area contributed by atoms with Crippen molar-refractivity contribution in [2.24, 2.45) is 0 Å². The molecule has 0 radical (unpaired) electrons. The zero-order chi connectivity index (χ0) is 15.7. The van der Waals surface area contributed by atoms with Gasteiger partial charge in [0, 0.05) is 13.1 Å². The first-order valence-corrected chi connectivity index (χ1v) is 6.74. The number of aryl methyl sites for hydroxylation is 1. The third kappa shape index (κ3) is 2.26. The summed E-state index contributed by atoms with van der Waals surface area (Å²) >= 11 is 0. The number of aromatic hydroxyl groups is 2. The molecule has 0 bridgehead atoms. The van der Waals surface area contributed by atoms with Gasteiger partial charge in [-0.3, -0.25) is 0 Å². The monoisotopic (exact) mass is 299 g/mol. The number of hydrogen-bond donors (Lipinski definition) is 2. The molecule has 2 aromatic carbocycles. The summed E-state index contributed by atoms with van der Waals surface area (Å²) in [6.07, 6.45) is 0. The van der Waals surface area contributed by atoms with Crippen LogP contribution in [-0.2, 0) is 0 Å². The van der Waals surface area contributed by atoms with Gasteiger partial charge in [-0.05, 0) is 25.1 Å². The SMILES string of the molecule is COc1ccccc1-c1c(C)noc1-c1ccc(O)cc1O.[HH]. The number of phenolic OH excluding ortho intramolecular Hbond substituents is 2. The highest BCUT2D eigenvalue weighted by Gasteiger charge is 2.21. The van der Waals surface area contributed by atoms with Gasteiger partial charge in [0.15, 0.2) is 5.76 Å². The molecule has 5 nitrogen and oxygen atoms in total. The predicted molar refractivity (Wildman–Crippen MR) is 84.1 cm³/mol. The number of phenols is 2. The molecule has 1 aromatic heterocycles. The van der Waals surface area contributed by atoms with Gasteiger partial charge in [-0.1, -0.05) is 23.4 Å². The van der Waals surface area contributed by atoms with E-state index in [0.717, 1.165) is 11.1 Å². The quantitative estimate of drug-likeness (QED) is 0.765. The van der Waals surface area contributed by atoms with Gasteiger partial charge in [0.1, 0.15) is 17.2 Å². The van der Waals surface area contributed by atoms with Gasteiger partial charge in [0.05, 0.1) is 23.9 Å². The predicted octanol–water partition coefficient (Wildman–Crippen LogP) is 3.98. The Morgan fingerprint density at radius 2 is 1.86 bits per heavy atom. The molecule has 0 saturated heterocycles. The number of benzene rings is 2. The molecule has 1 heterocycles. The van der Waals surface area contributed by atoms with Gasteiger partial charge in [0.2, 0.25) is 0 Å². The first-order valence-electron chi connectivity index (χ1n) is 6.74. The molecule has 22 heavy (non-hydrogen) atoms. The van der Waals surface area contributed by atoms with Crippen molar-refractivity contribution >= 4 is 0 Å². The van der Waals surface area contributed by atoms with E-state index in [9.17, 15) is 10.2 Å². The number of para-hydroxylation sites is 1. The highest BCUT2D eigenvalue weighted by Crippen LogP contribution is 2.42. The molecule has 0 aliphatic heterocycles. The molecule has 0 spiro atoms. The van der Waals surface area contributed by atoms with E-state index in [1.165, 1.54) is 12.1 Å². The second-order valence-corrected chi connectivity index (χ2v) is 4.87. The molecule has 0 fully saturated rings. The van der Waals surface area contributed by atoms with Crippen molar-refractivity contribution in [3.8, 4) is 39.7 Å². The van der Waals surface area contributed by atoms with Crippen molar-refractivity contribution in [1.29, 1.82) is 0 Å². The minimum atomic E-state index is -0.0766. The molecule has 0 amide bonds. The van der Waals surface area contributed by atoms with Gasteiger partial charge < -0.3 is 19.5 Å². The summed E-state index contributed by atoms with van der Waals surface area (Å²) in [5, 5.41) is 23.5. The van der Waals surface area contributed by atoms with Crippen LogP contribution in [-0.4, -0.2) is 22.5 Å². The van der Waals surface area contributed by atoms with Crippen molar-refractivity contribution in [2.75, 3.05) is 7.11 Å². The molecule has 3 rings (SSSR count). The standard InChI is InChI=1S/C17H15NO4.H2/c1-10-16(13-5-3-4-6-15(13)21-2)17(22-18-10)12-8-7-11(19)9-14(12)20;/h3-9,19-20H,1-2H3;1H. The largest absolute Gasteiger partial charge is 0.508 e. The summed E-state index contributed by atoms with van der Waals surface area (Å²) in [7, 11) is 1.60. The highest BCUT2D eigenvalue weighted by atomic mass is 16.5. The van der Waals surface area contributed by atoms with Gasteiger partial charge in [-0.15, -0.1) is 0 Å². The molecule has 2 N–H and O–H groups in total. The van der Waals surface area contributed by atoms with Gasteiger partial charge >= 0.3 is 0 Å². The van der Waals surface area contributed by atoms with Gasteiger partial charge in [0.25, 0.3) is 0 Å². The maximum absolute atomic E-state index is 10.1. The van der Waals surface area contributed by atoms with Crippen LogP contribution >= 0.6 is 0 Å². The van der Waals surface area contributed by atoms with Crippen LogP contribution in [0.25, 0.3) is 22.5 Å². The van der Waals surface area contributed by atoms with Crippen LogP contribution in [0.3, 0.4) is 0 Å². The van der Waals surface area contributed by atoms with Gasteiger partial charge in [-0.2, -0.15) is 0 Å². The summed E-state index contributed by atoms with van der Waals surface area (Å²) in [5.74, 6) is 1.02. The van der Waals surface area contributed by atoms with E-state index in [1.54, 1.807) is 13.2 Å². The molecule has 0 saturated carbocycles. The first-order chi connectivity index (χ1) is 10.6. The Kier molecular flexibility index (Phi) is 3.47. The summed E-state index contributed by atoms with van der Waals surface area (Å²) < 4.78 is 10.8. The average molecular weight is 299 g/mol. The molecular weight excluding hydrogens is 282 g/mol. The molecule has 114 valence electrons. The molecule has 5 heteroatoms. The summed E-state index contributed by atoms with van der Waals surface area (Å²) in [6.45, 7) is 1.83. The number of hydrogen-bond acceptors (Lipinski definition) is 5. The number of rotatable bonds is 3. The molecular formula is C17H17NO4. The lowest BCUT2D eigenvalue weighted by molar-refractivity contribution is 0.415. The molecule has 0 unspecified atom stereocenters. The van der Waals surface area contributed by atoms with Crippen LogP contribution in [0.2, 0.25) is 0 Å². The smallest absolute Gasteiger partial charge is 0.178 e. The Bertz CT molecular complexity index is 829. The fraction of sp³-hybridized carbons (Fsp3) is 0.118. The van der Waals surface area contributed by atoms with E-state index in [0.29, 0.717) is 22.8 Å². The van der Waals surface area contributed by atoms with Gasteiger partial charge in [-0.25, -0.2) is 0 Å². The van der Waals surface area contributed by atoms with Crippen molar-refractivity contribution < 1.29 is 20.9 Å². The number of nitrogens with zero attached hydrogens (tertiary/aromatic N) is 1. The van der Waals surface area contributed by atoms with E-state index < -0.39 is 0 Å². The van der Waals surface area contributed by atoms with Crippen LogP contribution in [0.15, 0.2) is 47.0 Å². The number of aromatic nitrogens is 1. The van der Waals surface area contributed by atoms with E-state index in [-0.39, 0.29) is 12.9 Å². The maximum Gasteiger partial charge on any atom is 0.178 e. The Balaban J connectivity index is 0.00000192. The lowest BCUT2D eigenvalue weighted by Gasteiger charge is -2.09. The van der Waals surface area contributed by atoms with Crippen molar-refractivity contribution in [3.05, 3.63) is 48.2 Å². The second kappa shape index (κ2) is 5.44. The van der Waals surface area contributed by atoms with E-state index >= 15 is 0 Å². The Labute approximate surface area is 128 Å². The second-order valence-electron chi connectivity index (χ2n) is 4.87. The minimum absolute atomic E-state index is 0. The fourth-order valence-corrected chi connectivity index (χ4v) is 2.43. The van der Waals surface area contributed by atoms with Crippen LogP contribution in [0.1, 0.15) is 7.12 Å². The molecule has 0 aliphatic carbocycles. The summed E-state index contributed by atoms with van der Waals surface area (Å²) in [6, 6.07) is 11.9. The van der Waals surface area contributed by atoms with E-state index in [1.807, 2.05) is 31.2 Å². The fourth-order valence-electron chi connectivity index (χ4n) is 2.43. The topological polar surface area (TPSA) is 75.7 Å². The summed E-state index contributed by atoms with van der Waals surface area (Å²) in [4.78, 5) is 0. The third-order valence-corrected chi connectivity index (χ3v) is 3.46. The lowest BCUT2D eigenvalue weighted by atomic mass is 9.98. The Morgan fingerprint density at radius 1 is 1.09 bits per heavy atom. The zero-order valence-electron chi connectivity index (χ0n) is 12.2. The molecule has 0 atom stereocenters. The minimum Gasteiger partial charge on any atom is -0.508 e. The third-order valence-electron chi connectivity index (χ3n) is 3.46. The van der Waals surface area contributed by atoms with Crippen LogP contribution in [0, 0.1) is 6.92 Å². The normalized spacial score (nSPS) is 10.6. The van der Waals surface area contributed by atoms with Crippen molar-refractivity contribution in [2.45, 2.75) is 6.92 Å². The maximum atomic E-state index is 10.1. The first kappa shape index (κ1) is 14.0. The Hall–Kier alpha value is -2.95. The molecule has 0 aliphatic rings. The van der Waals surface area contributed by atoms with Crippen LogP contribution in [0.4, 0.5) is 0 Å². The van der Waals surface area contributed by atoms with Crippen LogP contribution in [0.5, 0.6) is 17.2 Å². The van der Waals surface area contributed by atoms with Crippen LogP contribution < -0.4 is 4.74 Å². The lowest BCUT2D eigenvalue weighted by Crippen LogP contribution is -1.89.